The number of hydrogen-bond acceptors (Lipinski definition) is 6. The van der Waals surface area contributed by atoms with E-state index in [2.05, 4.69) is 4.98 Å². The summed E-state index contributed by atoms with van der Waals surface area (Å²) < 4.78 is 20.6. The number of oxazole rings is 1. The van der Waals surface area contributed by atoms with Crippen LogP contribution in [-0.4, -0.2) is 31.8 Å². The molecule has 0 aliphatic carbocycles. The van der Waals surface area contributed by atoms with Crippen LogP contribution in [0.15, 0.2) is 34.8 Å². The van der Waals surface area contributed by atoms with Crippen LogP contribution >= 0.6 is 0 Å². The van der Waals surface area contributed by atoms with Gasteiger partial charge in [0.2, 0.25) is 5.89 Å². The minimum atomic E-state index is -0.446. The zero-order chi connectivity index (χ0) is 15.9. The number of esters is 1. The highest BCUT2D eigenvalue weighted by atomic mass is 16.6. The van der Waals surface area contributed by atoms with Crippen molar-refractivity contribution in [1.29, 1.82) is 0 Å². The Kier molecular flexibility index (Phi) is 5.19. The molecule has 0 unspecified atom stereocenters. The van der Waals surface area contributed by atoms with E-state index in [4.69, 9.17) is 18.6 Å². The highest BCUT2D eigenvalue weighted by Gasteiger charge is 2.13. The minimum Gasteiger partial charge on any atom is -0.497 e. The molecule has 0 amide bonds. The number of nitrogens with zero attached hydrogens (tertiary/aromatic N) is 1. The lowest BCUT2D eigenvalue weighted by molar-refractivity contribution is -0.137. The Labute approximate surface area is 128 Å². The zero-order valence-electron chi connectivity index (χ0n) is 12.7. The van der Waals surface area contributed by atoms with Crippen molar-refractivity contribution in [2.75, 3.05) is 20.8 Å². The molecule has 0 radical (unpaired) electrons. The van der Waals surface area contributed by atoms with Crippen molar-refractivity contribution in [3.8, 4) is 23.1 Å². The molecule has 6 nitrogen and oxygen atoms in total. The molecular formula is C16H17NO5. The van der Waals surface area contributed by atoms with Gasteiger partial charge in [-0.1, -0.05) is 0 Å². The van der Waals surface area contributed by atoms with Gasteiger partial charge in [-0.15, -0.1) is 0 Å². The molecule has 0 atom stereocenters. The number of hydrogen-bond donors (Lipinski definition) is 0. The first-order valence-electron chi connectivity index (χ1n) is 6.72. The van der Waals surface area contributed by atoms with Crippen LogP contribution in [-0.2, 0) is 9.53 Å². The lowest BCUT2D eigenvalue weighted by Crippen LogP contribution is -1.98. The molecule has 0 N–H and O–H groups in total. The molecule has 0 spiro atoms. The van der Waals surface area contributed by atoms with E-state index >= 15 is 0 Å². The van der Waals surface area contributed by atoms with Crippen LogP contribution in [0.25, 0.3) is 17.5 Å². The second kappa shape index (κ2) is 7.31. The monoisotopic (exact) mass is 303 g/mol. The first-order valence-corrected chi connectivity index (χ1v) is 6.72. The van der Waals surface area contributed by atoms with E-state index in [9.17, 15) is 4.79 Å². The highest BCUT2D eigenvalue weighted by Crippen LogP contribution is 2.29. The summed E-state index contributed by atoms with van der Waals surface area (Å²) in [6.07, 6.45) is 2.77. The van der Waals surface area contributed by atoms with Gasteiger partial charge in [0.15, 0.2) is 0 Å². The Morgan fingerprint density at radius 3 is 2.55 bits per heavy atom. The summed E-state index contributed by atoms with van der Waals surface area (Å²) in [5.41, 5.74) is 1.19. The van der Waals surface area contributed by atoms with Gasteiger partial charge >= 0.3 is 11.9 Å². The largest absolute Gasteiger partial charge is 0.497 e. The van der Waals surface area contributed by atoms with E-state index in [1.807, 2.05) is 12.1 Å². The second-order valence-electron chi connectivity index (χ2n) is 4.21. The summed E-state index contributed by atoms with van der Waals surface area (Å²) in [7, 11) is 3.07. The maximum Gasteiger partial charge on any atom is 0.330 e. The van der Waals surface area contributed by atoms with E-state index in [-0.39, 0.29) is 5.95 Å². The molecule has 2 aromatic rings. The predicted octanol–water partition coefficient (Wildman–Crippen LogP) is 2.94. The topological polar surface area (TPSA) is 70.8 Å². The number of methoxy groups -OCH3 is 2. The first kappa shape index (κ1) is 15.6. The third kappa shape index (κ3) is 3.66. The van der Waals surface area contributed by atoms with Gasteiger partial charge in [0.05, 0.1) is 20.8 Å². The van der Waals surface area contributed by atoms with E-state index in [1.165, 1.54) is 19.3 Å². The summed E-state index contributed by atoms with van der Waals surface area (Å²) in [6.45, 7) is 2.06. The molecule has 1 aromatic heterocycles. The van der Waals surface area contributed by atoms with Gasteiger partial charge < -0.3 is 18.6 Å². The average molecular weight is 303 g/mol. The van der Waals surface area contributed by atoms with Crippen LogP contribution in [0.4, 0.5) is 0 Å². The fourth-order valence-corrected chi connectivity index (χ4v) is 1.76. The van der Waals surface area contributed by atoms with Crippen molar-refractivity contribution < 1.29 is 23.4 Å². The van der Waals surface area contributed by atoms with Gasteiger partial charge in [-0.25, -0.2) is 9.78 Å². The number of ether oxygens (including phenoxy) is 3. The van der Waals surface area contributed by atoms with E-state index in [0.29, 0.717) is 18.2 Å². The van der Waals surface area contributed by atoms with Crippen molar-refractivity contribution >= 4 is 12.0 Å². The molecule has 0 aliphatic heterocycles. The number of carbonyl (C=O) groups excluding carboxylic acids is 1. The molecule has 0 saturated heterocycles. The standard InChI is InChI=1S/C16H17NO5/c1-4-21-14(18)10-9-13-16(20-3)22-15(17-13)11-5-7-12(19-2)8-6-11/h5-10H,4H2,1-3H3/b10-9+. The third-order valence-electron chi connectivity index (χ3n) is 2.81. The number of carbonyl (C=O) groups is 1. The lowest BCUT2D eigenvalue weighted by atomic mass is 10.2. The average Bonchev–Trinajstić information content (AvgIpc) is 2.96. The molecule has 1 aromatic carbocycles. The molecule has 0 aliphatic rings. The first-order chi connectivity index (χ1) is 10.7. The molecule has 116 valence electrons. The van der Waals surface area contributed by atoms with Crippen molar-refractivity contribution in [1.82, 2.24) is 4.98 Å². The quantitative estimate of drug-likeness (QED) is 0.603. The fourth-order valence-electron chi connectivity index (χ4n) is 1.76. The van der Waals surface area contributed by atoms with Gasteiger partial charge in [0.25, 0.3) is 0 Å². The number of rotatable bonds is 6. The van der Waals surface area contributed by atoms with Gasteiger partial charge in [0, 0.05) is 11.6 Å². The molecule has 2 rings (SSSR count). The molecule has 0 fully saturated rings. The van der Waals surface area contributed by atoms with Gasteiger partial charge in [-0.05, 0) is 37.3 Å². The predicted molar refractivity (Wildman–Crippen MR) is 80.7 cm³/mol. The Morgan fingerprint density at radius 2 is 1.95 bits per heavy atom. The maximum atomic E-state index is 11.3. The van der Waals surface area contributed by atoms with Crippen LogP contribution in [0.1, 0.15) is 12.6 Å². The summed E-state index contributed by atoms with van der Waals surface area (Å²) >= 11 is 0. The lowest BCUT2D eigenvalue weighted by Gasteiger charge is -1.99. The summed E-state index contributed by atoms with van der Waals surface area (Å²) in [4.78, 5) is 15.7. The van der Waals surface area contributed by atoms with E-state index in [0.717, 1.165) is 11.3 Å². The van der Waals surface area contributed by atoms with Crippen LogP contribution < -0.4 is 9.47 Å². The Morgan fingerprint density at radius 1 is 1.23 bits per heavy atom. The zero-order valence-corrected chi connectivity index (χ0v) is 12.7. The Bertz CT molecular complexity index is 658. The van der Waals surface area contributed by atoms with Crippen LogP contribution in [0.3, 0.4) is 0 Å². The van der Waals surface area contributed by atoms with Gasteiger partial charge in [-0.3, -0.25) is 0 Å². The molecule has 0 bridgehead atoms. The van der Waals surface area contributed by atoms with Crippen molar-refractivity contribution in [3.05, 3.63) is 36.0 Å². The van der Waals surface area contributed by atoms with Crippen LogP contribution in [0.2, 0.25) is 0 Å². The smallest absolute Gasteiger partial charge is 0.330 e. The van der Waals surface area contributed by atoms with Crippen molar-refractivity contribution in [3.63, 3.8) is 0 Å². The van der Waals surface area contributed by atoms with Crippen LogP contribution in [0, 0.1) is 0 Å². The molecule has 1 heterocycles. The summed E-state index contributed by atoms with van der Waals surface area (Å²) in [6, 6.07) is 7.26. The van der Waals surface area contributed by atoms with Crippen LogP contribution in [0.5, 0.6) is 11.7 Å². The number of aromatic nitrogens is 1. The SMILES string of the molecule is CCOC(=O)/C=C/c1nc(-c2ccc(OC)cc2)oc1OC. The fraction of sp³-hybridized carbons (Fsp3) is 0.250. The van der Waals surface area contributed by atoms with E-state index in [1.54, 1.807) is 26.2 Å². The summed E-state index contributed by atoms with van der Waals surface area (Å²) in [5, 5.41) is 0. The van der Waals surface area contributed by atoms with Gasteiger partial charge in [-0.2, -0.15) is 0 Å². The highest BCUT2D eigenvalue weighted by molar-refractivity contribution is 5.87. The normalized spacial score (nSPS) is 10.7. The maximum absolute atomic E-state index is 11.3. The minimum absolute atomic E-state index is 0.228. The molecule has 6 heteroatoms. The molecule has 22 heavy (non-hydrogen) atoms. The Balaban J connectivity index is 2.25. The Hall–Kier alpha value is -2.76. The third-order valence-corrected chi connectivity index (χ3v) is 2.81. The summed E-state index contributed by atoms with van der Waals surface area (Å²) in [5.74, 6) is 0.914. The van der Waals surface area contributed by atoms with Gasteiger partial charge in [0.1, 0.15) is 11.4 Å². The molecule has 0 saturated carbocycles. The van der Waals surface area contributed by atoms with E-state index < -0.39 is 5.97 Å². The number of benzene rings is 1. The molecular weight excluding hydrogens is 286 g/mol. The van der Waals surface area contributed by atoms with Crippen molar-refractivity contribution in [2.45, 2.75) is 6.92 Å². The van der Waals surface area contributed by atoms with Crippen molar-refractivity contribution in [2.24, 2.45) is 0 Å². The second-order valence-corrected chi connectivity index (χ2v) is 4.21.